The quantitative estimate of drug-likeness (QED) is 0.633. The van der Waals surface area contributed by atoms with Crippen LogP contribution in [0.15, 0.2) is 33.7 Å². The molecule has 0 bridgehead atoms. The van der Waals surface area contributed by atoms with Crippen molar-refractivity contribution in [3.05, 3.63) is 23.7 Å². The molecule has 2 aliphatic heterocycles. The van der Waals surface area contributed by atoms with E-state index in [1.165, 1.54) is 11.0 Å². The number of halogens is 4. The lowest BCUT2D eigenvalue weighted by Gasteiger charge is -2.32. The van der Waals surface area contributed by atoms with E-state index in [2.05, 4.69) is 15.3 Å². The number of fused-ring (bicyclic) bond motifs is 1. The van der Waals surface area contributed by atoms with Gasteiger partial charge in [-0.15, -0.1) is 0 Å². The van der Waals surface area contributed by atoms with E-state index in [0.717, 1.165) is 25.7 Å². The van der Waals surface area contributed by atoms with E-state index in [9.17, 15) is 22.4 Å². The highest BCUT2D eigenvalue weighted by atomic mass is 32.2. The summed E-state index contributed by atoms with van der Waals surface area (Å²) in [5, 5.41) is 2.89. The van der Waals surface area contributed by atoms with E-state index < -0.39 is 30.4 Å². The molecule has 2 fully saturated rings. The highest BCUT2D eigenvalue weighted by Crippen LogP contribution is 2.32. The Morgan fingerprint density at radius 3 is 2.55 bits per heavy atom. The average molecular weight is 459 g/mol. The van der Waals surface area contributed by atoms with Gasteiger partial charge in [0.2, 0.25) is 5.91 Å². The van der Waals surface area contributed by atoms with Crippen LogP contribution in [0.4, 0.5) is 17.6 Å². The van der Waals surface area contributed by atoms with E-state index in [1.807, 2.05) is 0 Å². The summed E-state index contributed by atoms with van der Waals surface area (Å²) >= 11 is 1.57. The first-order valence-electron chi connectivity index (χ1n) is 10.7. The summed E-state index contributed by atoms with van der Waals surface area (Å²) in [6.45, 7) is -0.0625. The first-order valence-corrected chi connectivity index (χ1v) is 11.8. The Balaban J connectivity index is 1.36. The topological polar surface area (TPSA) is 57.1 Å². The van der Waals surface area contributed by atoms with E-state index in [4.69, 9.17) is 0 Å². The van der Waals surface area contributed by atoms with Crippen molar-refractivity contribution >= 4 is 29.2 Å². The number of hydrogen-bond donors (Lipinski definition) is 1. The van der Waals surface area contributed by atoms with Gasteiger partial charge in [-0.2, -0.15) is 24.9 Å². The average Bonchev–Trinajstić information content (AvgIpc) is 3.18. The predicted molar refractivity (Wildman–Crippen MR) is 114 cm³/mol. The van der Waals surface area contributed by atoms with Crippen LogP contribution in [-0.2, 0) is 4.79 Å². The number of allylic oxidation sites excluding steroid dienone is 2. The summed E-state index contributed by atoms with van der Waals surface area (Å²) in [7, 11) is 0. The van der Waals surface area contributed by atoms with Crippen LogP contribution in [-0.4, -0.2) is 65.2 Å². The number of thioether (sulfide) groups is 1. The lowest BCUT2D eigenvalue weighted by atomic mass is 9.94. The molecule has 0 spiro atoms. The second kappa shape index (κ2) is 9.44. The normalized spacial score (nSPS) is 27.6. The smallest absolute Gasteiger partial charge is 0.313 e. The van der Waals surface area contributed by atoms with Crippen molar-refractivity contribution in [2.45, 2.75) is 56.0 Å². The molecule has 2 aliphatic carbocycles. The highest BCUT2D eigenvalue weighted by Gasteiger charge is 2.36. The number of nitrogens with one attached hydrogen (secondary N) is 1. The number of carbonyl (C=O) groups is 1. The zero-order valence-electron chi connectivity index (χ0n) is 17.1. The van der Waals surface area contributed by atoms with Crippen LogP contribution in [0.3, 0.4) is 0 Å². The maximum atomic E-state index is 14.6. The molecule has 4 aliphatic rings. The Bertz CT molecular complexity index is 822. The molecule has 1 saturated heterocycles. The van der Waals surface area contributed by atoms with Crippen molar-refractivity contribution in [3.8, 4) is 0 Å². The zero-order valence-corrected chi connectivity index (χ0v) is 17.9. The minimum Gasteiger partial charge on any atom is -0.313 e. The number of alkyl halides is 3. The van der Waals surface area contributed by atoms with Gasteiger partial charge in [-0.05, 0) is 50.9 Å². The molecule has 1 atom stereocenters. The van der Waals surface area contributed by atoms with Crippen molar-refractivity contribution < 1.29 is 22.4 Å². The van der Waals surface area contributed by atoms with Gasteiger partial charge in [-0.3, -0.25) is 14.7 Å². The largest absolute Gasteiger partial charge is 0.401 e. The van der Waals surface area contributed by atoms with Gasteiger partial charge in [-0.1, -0.05) is 12.8 Å². The number of amides is 1. The molecule has 170 valence electrons. The summed E-state index contributed by atoms with van der Waals surface area (Å²) in [5.41, 5.74) is 0.897. The third-order valence-electron chi connectivity index (χ3n) is 6.00. The second-order valence-electron chi connectivity index (χ2n) is 8.47. The third kappa shape index (κ3) is 5.97. The Kier molecular flexibility index (Phi) is 6.86. The number of rotatable bonds is 5. The van der Waals surface area contributed by atoms with Crippen LogP contribution in [0.25, 0.3) is 0 Å². The number of hydrogen-bond acceptors (Lipinski definition) is 5. The van der Waals surface area contributed by atoms with Gasteiger partial charge in [0.05, 0.1) is 29.7 Å². The lowest BCUT2D eigenvalue weighted by Crippen LogP contribution is -2.44. The molecule has 1 amide bonds. The molecule has 1 N–H and O–H groups in total. The standard InChI is InChI=1S/C21H26F4N4OS/c22-16-9-14(26-13-3-1-2-4-13)10-17-19(16)20(30)28-18(27-17)11-31-15-5-7-29(8-6-15)12-21(23,24)25/h9-10,13,15,19H,1-8,11-12H2,(H,27,28,30). The van der Waals surface area contributed by atoms with Gasteiger partial charge in [-0.25, -0.2) is 9.38 Å². The molecule has 1 unspecified atom stereocenters. The summed E-state index contributed by atoms with van der Waals surface area (Å²) < 4.78 is 52.1. The molecule has 2 heterocycles. The second-order valence-corrected chi connectivity index (χ2v) is 9.76. The third-order valence-corrected chi connectivity index (χ3v) is 7.38. The van der Waals surface area contributed by atoms with Gasteiger partial charge in [0.25, 0.3) is 0 Å². The van der Waals surface area contributed by atoms with Gasteiger partial charge in [0.15, 0.2) is 0 Å². The number of amidine groups is 1. The van der Waals surface area contributed by atoms with Crippen LogP contribution >= 0.6 is 11.8 Å². The van der Waals surface area contributed by atoms with E-state index in [-0.39, 0.29) is 11.3 Å². The minimum absolute atomic E-state index is 0.201. The van der Waals surface area contributed by atoms with Crippen molar-refractivity contribution in [1.82, 2.24) is 10.2 Å². The maximum Gasteiger partial charge on any atom is 0.401 e. The number of piperidine rings is 1. The number of aliphatic imine (C=N–C) groups is 2. The maximum absolute atomic E-state index is 14.6. The van der Waals surface area contributed by atoms with E-state index in [1.54, 1.807) is 17.8 Å². The Labute approximate surface area is 183 Å². The Morgan fingerprint density at radius 1 is 1.16 bits per heavy atom. The molecule has 0 radical (unpaired) electrons. The predicted octanol–water partition coefficient (Wildman–Crippen LogP) is 4.03. The van der Waals surface area contributed by atoms with E-state index in [0.29, 0.717) is 48.9 Å². The fourth-order valence-electron chi connectivity index (χ4n) is 4.47. The highest BCUT2D eigenvalue weighted by molar-refractivity contribution is 8.00. The Hall–Kier alpha value is -1.68. The van der Waals surface area contributed by atoms with Crippen LogP contribution in [0, 0.1) is 5.92 Å². The van der Waals surface area contributed by atoms with Crippen LogP contribution in [0.2, 0.25) is 0 Å². The number of carbonyl (C=O) groups excluding carboxylic acids is 1. The van der Waals surface area contributed by atoms with Gasteiger partial charge < -0.3 is 5.32 Å². The van der Waals surface area contributed by atoms with Crippen molar-refractivity contribution in [2.75, 3.05) is 25.4 Å². The van der Waals surface area contributed by atoms with Gasteiger partial charge >= 0.3 is 6.18 Å². The summed E-state index contributed by atoms with van der Waals surface area (Å²) in [4.78, 5) is 23.0. The fraction of sp³-hybridized carbons (Fsp3) is 0.667. The minimum atomic E-state index is -4.17. The van der Waals surface area contributed by atoms with Gasteiger partial charge in [0, 0.05) is 5.25 Å². The van der Waals surface area contributed by atoms with Crippen molar-refractivity contribution in [2.24, 2.45) is 15.9 Å². The van der Waals surface area contributed by atoms with Crippen molar-refractivity contribution in [1.29, 1.82) is 0 Å². The van der Waals surface area contributed by atoms with E-state index >= 15 is 0 Å². The summed E-state index contributed by atoms with van der Waals surface area (Å²) in [5.74, 6) is -1.11. The molecule has 0 aromatic heterocycles. The molecular formula is C21H26F4N4OS. The Morgan fingerprint density at radius 2 is 1.87 bits per heavy atom. The fourth-order valence-corrected chi connectivity index (χ4v) is 5.54. The molecular weight excluding hydrogens is 432 g/mol. The lowest BCUT2D eigenvalue weighted by molar-refractivity contribution is -0.147. The molecule has 0 aromatic rings. The number of likely N-dealkylation sites (tertiary alicyclic amines) is 1. The zero-order chi connectivity index (χ0) is 22.0. The molecule has 4 rings (SSSR count). The first-order chi connectivity index (χ1) is 14.8. The molecule has 10 heteroatoms. The summed E-state index contributed by atoms with van der Waals surface area (Å²) in [6.07, 6.45) is 4.42. The molecule has 1 saturated carbocycles. The molecule has 5 nitrogen and oxygen atoms in total. The van der Waals surface area contributed by atoms with Crippen LogP contribution < -0.4 is 5.32 Å². The summed E-state index contributed by atoms with van der Waals surface area (Å²) in [6, 6.07) is 0.201. The monoisotopic (exact) mass is 458 g/mol. The van der Waals surface area contributed by atoms with Gasteiger partial charge in [0.1, 0.15) is 17.6 Å². The SMILES string of the molecule is O=C1NC(CSC2CCN(CC(F)(F)F)CC2)=NC2=CC(=NC3CCCC3)C=C(F)C12. The van der Waals surface area contributed by atoms with Crippen LogP contribution in [0.1, 0.15) is 38.5 Å². The molecule has 31 heavy (non-hydrogen) atoms. The first kappa shape index (κ1) is 22.5. The van der Waals surface area contributed by atoms with Crippen molar-refractivity contribution in [3.63, 3.8) is 0 Å². The number of nitrogens with zero attached hydrogens (tertiary/aromatic N) is 3. The van der Waals surface area contributed by atoms with Crippen LogP contribution in [0.5, 0.6) is 0 Å². The molecule has 0 aromatic carbocycles.